The molecule has 1 aliphatic heterocycles. The van der Waals surface area contributed by atoms with Gasteiger partial charge in [-0.15, -0.1) is 0 Å². The van der Waals surface area contributed by atoms with Crippen LogP contribution in [0.4, 0.5) is 13.2 Å². The second-order valence-electron chi connectivity index (χ2n) is 4.51. The van der Waals surface area contributed by atoms with Crippen molar-refractivity contribution >= 4 is 11.8 Å². The first-order valence-electron chi connectivity index (χ1n) is 5.88. The maximum absolute atomic E-state index is 12.9. The highest BCUT2D eigenvalue weighted by atomic mass is 19.4. The van der Waals surface area contributed by atoms with Gasteiger partial charge in [0.15, 0.2) is 0 Å². The Hall–Kier alpha value is -1.31. The summed E-state index contributed by atoms with van der Waals surface area (Å²) in [6, 6.07) is -2.25. The molecule has 0 radical (unpaired) electrons. The number of hydrogen-bond donors (Lipinski definition) is 1. The van der Waals surface area contributed by atoms with Crippen molar-refractivity contribution in [2.45, 2.75) is 38.0 Å². The predicted molar refractivity (Wildman–Crippen MR) is 60.3 cm³/mol. The average molecular weight is 282 g/mol. The lowest BCUT2D eigenvalue weighted by molar-refractivity contribution is -0.198. The summed E-state index contributed by atoms with van der Waals surface area (Å²) >= 11 is 0. The van der Waals surface area contributed by atoms with E-state index >= 15 is 0 Å². The molecule has 110 valence electrons. The van der Waals surface area contributed by atoms with Gasteiger partial charge in [-0.25, -0.2) is 0 Å². The molecule has 1 N–H and O–H groups in total. The summed E-state index contributed by atoms with van der Waals surface area (Å²) in [7, 11) is 1.25. The number of nitrogens with zero attached hydrogens (tertiary/aromatic N) is 1. The molecule has 2 amide bonds. The number of alkyl halides is 3. The summed E-state index contributed by atoms with van der Waals surface area (Å²) in [5.74, 6) is -1.05. The van der Waals surface area contributed by atoms with Crippen LogP contribution in [-0.4, -0.2) is 55.2 Å². The number of methoxy groups -OCH3 is 1. The first-order chi connectivity index (χ1) is 8.75. The van der Waals surface area contributed by atoms with Crippen molar-refractivity contribution < 1.29 is 27.5 Å². The maximum atomic E-state index is 12.9. The highest BCUT2D eigenvalue weighted by Gasteiger charge is 2.47. The molecule has 0 aromatic carbocycles. The molecule has 0 spiro atoms. The smallest absolute Gasteiger partial charge is 0.375 e. The van der Waals surface area contributed by atoms with Gasteiger partial charge in [0.05, 0.1) is 0 Å². The standard InChI is InChI=1S/C11H17F3N2O3/c1-7(17)15-8-3-4-9(11(12,13)14)16(5-8)10(18)6-19-2/h8-9H,3-6H2,1-2H3,(H,15,17)/t8-,9+/m1/s1. The molecule has 19 heavy (non-hydrogen) atoms. The molecule has 1 rings (SSSR count). The van der Waals surface area contributed by atoms with Gasteiger partial charge in [0, 0.05) is 26.6 Å². The number of carbonyl (C=O) groups excluding carboxylic acids is 2. The topological polar surface area (TPSA) is 58.6 Å². The molecule has 0 aromatic heterocycles. The van der Waals surface area contributed by atoms with Crippen LogP contribution in [0.25, 0.3) is 0 Å². The number of halogens is 3. The monoisotopic (exact) mass is 282 g/mol. The zero-order chi connectivity index (χ0) is 14.6. The van der Waals surface area contributed by atoms with Crippen LogP contribution in [-0.2, 0) is 14.3 Å². The second kappa shape index (κ2) is 6.23. The minimum absolute atomic E-state index is 0.147. The van der Waals surface area contributed by atoms with E-state index in [-0.39, 0.29) is 25.3 Å². The van der Waals surface area contributed by atoms with Crippen molar-refractivity contribution in [3.8, 4) is 0 Å². The molecular weight excluding hydrogens is 265 g/mol. The van der Waals surface area contributed by atoms with E-state index in [0.29, 0.717) is 0 Å². The zero-order valence-electron chi connectivity index (χ0n) is 10.8. The third-order valence-corrected chi connectivity index (χ3v) is 2.96. The fourth-order valence-corrected chi connectivity index (χ4v) is 2.20. The van der Waals surface area contributed by atoms with Crippen LogP contribution in [0.15, 0.2) is 0 Å². The van der Waals surface area contributed by atoms with Crippen molar-refractivity contribution in [3.63, 3.8) is 0 Å². The number of nitrogens with one attached hydrogen (secondary N) is 1. The summed E-state index contributed by atoms with van der Waals surface area (Å²) in [6.45, 7) is 0.739. The van der Waals surface area contributed by atoms with Gasteiger partial charge < -0.3 is 15.0 Å². The SMILES string of the molecule is COCC(=O)N1C[C@H](NC(C)=O)CC[C@H]1C(F)(F)F. The number of piperidine rings is 1. The van der Waals surface area contributed by atoms with E-state index in [1.807, 2.05) is 0 Å². The average Bonchev–Trinajstić information content (AvgIpc) is 2.26. The number of hydrogen-bond acceptors (Lipinski definition) is 3. The maximum Gasteiger partial charge on any atom is 0.408 e. The summed E-state index contributed by atoms with van der Waals surface area (Å²) in [5.41, 5.74) is 0. The molecule has 2 atom stereocenters. The number of likely N-dealkylation sites (tertiary alicyclic amines) is 1. The molecule has 1 saturated heterocycles. The van der Waals surface area contributed by atoms with Gasteiger partial charge in [-0.2, -0.15) is 13.2 Å². The minimum Gasteiger partial charge on any atom is -0.375 e. The molecule has 0 aliphatic carbocycles. The third kappa shape index (κ3) is 4.38. The van der Waals surface area contributed by atoms with Gasteiger partial charge in [-0.1, -0.05) is 0 Å². The van der Waals surface area contributed by atoms with E-state index < -0.39 is 30.8 Å². The molecule has 1 aliphatic rings. The number of rotatable bonds is 3. The van der Waals surface area contributed by atoms with Crippen LogP contribution in [0.2, 0.25) is 0 Å². The van der Waals surface area contributed by atoms with Crippen molar-refractivity contribution in [1.29, 1.82) is 0 Å². The van der Waals surface area contributed by atoms with Crippen molar-refractivity contribution in [2.24, 2.45) is 0 Å². The van der Waals surface area contributed by atoms with Crippen molar-refractivity contribution in [2.75, 3.05) is 20.3 Å². The van der Waals surface area contributed by atoms with Crippen LogP contribution >= 0.6 is 0 Å². The molecule has 1 heterocycles. The normalized spacial score (nSPS) is 24.2. The Labute approximate surface area is 109 Å². The molecule has 0 bridgehead atoms. The minimum atomic E-state index is -4.47. The van der Waals surface area contributed by atoms with Crippen LogP contribution in [0.3, 0.4) is 0 Å². The van der Waals surface area contributed by atoms with E-state index in [1.165, 1.54) is 14.0 Å². The molecule has 0 saturated carbocycles. The van der Waals surface area contributed by atoms with Gasteiger partial charge in [-0.3, -0.25) is 9.59 Å². The van der Waals surface area contributed by atoms with Crippen LogP contribution in [0.1, 0.15) is 19.8 Å². The molecule has 0 unspecified atom stereocenters. The second-order valence-corrected chi connectivity index (χ2v) is 4.51. The van der Waals surface area contributed by atoms with E-state index in [0.717, 1.165) is 4.90 Å². The van der Waals surface area contributed by atoms with E-state index in [9.17, 15) is 22.8 Å². The number of amides is 2. The Balaban J connectivity index is 2.80. The van der Waals surface area contributed by atoms with Gasteiger partial charge in [-0.05, 0) is 12.8 Å². The summed E-state index contributed by atoms with van der Waals surface area (Å²) in [4.78, 5) is 23.3. The highest BCUT2D eigenvalue weighted by molar-refractivity contribution is 5.78. The molecule has 1 fully saturated rings. The Kier molecular flexibility index (Phi) is 5.16. The predicted octanol–water partition coefficient (Wildman–Crippen LogP) is 0.691. The fraction of sp³-hybridized carbons (Fsp3) is 0.818. The molecule has 5 nitrogen and oxygen atoms in total. The van der Waals surface area contributed by atoms with E-state index in [1.54, 1.807) is 0 Å². The Morgan fingerprint density at radius 1 is 1.37 bits per heavy atom. The Morgan fingerprint density at radius 2 is 2.00 bits per heavy atom. The Bertz CT molecular complexity index is 347. The van der Waals surface area contributed by atoms with Gasteiger partial charge in [0.25, 0.3) is 0 Å². The lowest BCUT2D eigenvalue weighted by atomic mass is 9.97. The molecule has 8 heteroatoms. The lowest BCUT2D eigenvalue weighted by Gasteiger charge is -2.40. The zero-order valence-corrected chi connectivity index (χ0v) is 10.8. The number of ether oxygens (including phenoxy) is 1. The number of carbonyl (C=O) groups is 2. The van der Waals surface area contributed by atoms with E-state index in [4.69, 9.17) is 0 Å². The lowest BCUT2D eigenvalue weighted by Crippen LogP contribution is -2.58. The van der Waals surface area contributed by atoms with Crippen LogP contribution < -0.4 is 5.32 Å². The summed E-state index contributed by atoms with van der Waals surface area (Å²) in [5, 5.41) is 2.54. The Morgan fingerprint density at radius 3 is 2.47 bits per heavy atom. The third-order valence-electron chi connectivity index (χ3n) is 2.96. The molecular formula is C11H17F3N2O3. The van der Waals surface area contributed by atoms with Crippen molar-refractivity contribution in [1.82, 2.24) is 10.2 Å². The van der Waals surface area contributed by atoms with Crippen LogP contribution in [0.5, 0.6) is 0 Å². The van der Waals surface area contributed by atoms with Crippen molar-refractivity contribution in [3.05, 3.63) is 0 Å². The van der Waals surface area contributed by atoms with Gasteiger partial charge in [0.2, 0.25) is 11.8 Å². The fourth-order valence-electron chi connectivity index (χ4n) is 2.20. The first-order valence-corrected chi connectivity index (χ1v) is 5.88. The van der Waals surface area contributed by atoms with Gasteiger partial charge in [0.1, 0.15) is 12.6 Å². The summed E-state index contributed by atoms with van der Waals surface area (Å²) < 4.78 is 43.2. The largest absolute Gasteiger partial charge is 0.408 e. The highest BCUT2D eigenvalue weighted by Crippen LogP contribution is 2.32. The molecule has 0 aromatic rings. The van der Waals surface area contributed by atoms with Crippen LogP contribution in [0, 0.1) is 0 Å². The summed E-state index contributed by atoms with van der Waals surface area (Å²) in [6.07, 6.45) is -4.49. The van der Waals surface area contributed by atoms with Gasteiger partial charge >= 0.3 is 6.18 Å². The first kappa shape index (κ1) is 15.7. The quantitative estimate of drug-likeness (QED) is 0.828. The van der Waals surface area contributed by atoms with E-state index in [2.05, 4.69) is 10.1 Å².